The topological polar surface area (TPSA) is 75.8 Å². The first-order valence-electron chi connectivity index (χ1n) is 9.27. The van der Waals surface area contributed by atoms with Crippen LogP contribution >= 0.6 is 0 Å². The second-order valence-electron chi connectivity index (χ2n) is 6.87. The highest BCUT2D eigenvalue weighted by atomic mass is 19.1. The van der Waals surface area contributed by atoms with E-state index >= 15 is 0 Å². The van der Waals surface area contributed by atoms with Crippen LogP contribution in [-0.4, -0.2) is 42.2 Å². The molecule has 0 aromatic heterocycles. The van der Waals surface area contributed by atoms with E-state index in [-0.39, 0.29) is 24.0 Å². The normalized spacial score (nSPS) is 17.0. The van der Waals surface area contributed by atoms with E-state index in [4.69, 9.17) is 10.5 Å². The van der Waals surface area contributed by atoms with Gasteiger partial charge < -0.3 is 20.5 Å². The van der Waals surface area contributed by atoms with Crippen molar-refractivity contribution in [2.45, 2.75) is 19.3 Å². The second-order valence-corrected chi connectivity index (χ2v) is 6.87. The summed E-state index contributed by atoms with van der Waals surface area (Å²) < 4.78 is 20.0. The summed E-state index contributed by atoms with van der Waals surface area (Å²) in [7, 11) is 0. The number of aliphatic hydroxyl groups excluding tert-OH is 1. The Kier molecular flexibility index (Phi) is 6.42. The third-order valence-corrected chi connectivity index (χ3v) is 4.82. The van der Waals surface area contributed by atoms with Crippen molar-refractivity contribution in [3.05, 3.63) is 59.4 Å². The van der Waals surface area contributed by atoms with Gasteiger partial charge in [0.25, 0.3) is 5.91 Å². The highest BCUT2D eigenvalue weighted by Gasteiger charge is 2.26. The Morgan fingerprint density at radius 1 is 1.22 bits per heavy atom. The lowest BCUT2D eigenvalue weighted by Gasteiger charge is -2.32. The molecule has 0 saturated carbocycles. The Bertz CT molecular complexity index is 779. The van der Waals surface area contributed by atoms with E-state index in [9.17, 15) is 14.3 Å². The lowest BCUT2D eigenvalue weighted by molar-refractivity contribution is 0.0616. The van der Waals surface area contributed by atoms with Crippen molar-refractivity contribution < 1.29 is 19.0 Å². The van der Waals surface area contributed by atoms with Crippen LogP contribution in [0.3, 0.4) is 0 Å². The first-order valence-corrected chi connectivity index (χ1v) is 9.27. The highest BCUT2D eigenvalue weighted by molar-refractivity contribution is 5.95. The van der Waals surface area contributed by atoms with Crippen LogP contribution in [0.15, 0.2) is 42.5 Å². The summed E-state index contributed by atoms with van der Waals surface area (Å²) in [5.74, 6) is 0.129. The number of benzene rings is 2. The van der Waals surface area contributed by atoms with Gasteiger partial charge in [-0.05, 0) is 67.6 Å². The van der Waals surface area contributed by atoms with Gasteiger partial charge in [0.1, 0.15) is 17.3 Å². The summed E-state index contributed by atoms with van der Waals surface area (Å²) in [6, 6.07) is 11.7. The number of carbonyl (C=O) groups is 1. The number of likely N-dealkylation sites (tertiary alicyclic amines) is 1. The quantitative estimate of drug-likeness (QED) is 0.817. The molecule has 1 aliphatic heterocycles. The van der Waals surface area contributed by atoms with Gasteiger partial charge in [0, 0.05) is 19.7 Å². The zero-order valence-electron chi connectivity index (χ0n) is 15.2. The fraction of sp³-hybridized carbons (Fsp3) is 0.381. The van der Waals surface area contributed by atoms with Crippen molar-refractivity contribution in [2.24, 2.45) is 11.7 Å². The molecular formula is C21H25FN2O3. The Morgan fingerprint density at radius 2 is 1.96 bits per heavy atom. The number of amides is 1. The third-order valence-electron chi connectivity index (χ3n) is 4.82. The summed E-state index contributed by atoms with van der Waals surface area (Å²) in [5, 5.41) is 9.34. The summed E-state index contributed by atoms with van der Waals surface area (Å²) in [6.07, 6.45) is 2.48. The monoisotopic (exact) mass is 372 g/mol. The molecule has 3 rings (SSSR count). The van der Waals surface area contributed by atoms with E-state index in [0.717, 1.165) is 24.8 Å². The van der Waals surface area contributed by atoms with Gasteiger partial charge in [-0.1, -0.05) is 12.1 Å². The number of hydrogen-bond acceptors (Lipinski definition) is 4. The largest absolute Gasteiger partial charge is 0.457 e. The van der Waals surface area contributed by atoms with E-state index in [1.54, 1.807) is 4.90 Å². The fourth-order valence-electron chi connectivity index (χ4n) is 3.33. The molecule has 144 valence electrons. The molecule has 1 unspecified atom stereocenters. The summed E-state index contributed by atoms with van der Waals surface area (Å²) >= 11 is 0. The zero-order valence-corrected chi connectivity index (χ0v) is 15.2. The molecule has 27 heavy (non-hydrogen) atoms. The molecule has 3 N–H and O–H groups in total. The molecule has 2 aromatic rings. The van der Waals surface area contributed by atoms with Crippen LogP contribution in [0.5, 0.6) is 11.5 Å². The molecule has 2 aromatic carbocycles. The van der Waals surface area contributed by atoms with Crippen molar-refractivity contribution in [3.8, 4) is 11.5 Å². The van der Waals surface area contributed by atoms with Crippen LogP contribution in [-0.2, 0) is 6.42 Å². The SMILES string of the molecule is NCCc1ccc(Oc2ccc(F)c(C(=O)N3CCCC(CO)C3)c2)cc1. The average molecular weight is 372 g/mol. The summed E-state index contributed by atoms with van der Waals surface area (Å²) in [5.41, 5.74) is 6.65. The van der Waals surface area contributed by atoms with Crippen LogP contribution in [0.2, 0.25) is 0 Å². The van der Waals surface area contributed by atoms with Crippen LogP contribution in [0, 0.1) is 11.7 Å². The third kappa shape index (κ3) is 4.84. The zero-order chi connectivity index (χ0) is 19.2. The van der Waals surface area contributed by atoms with E-state index in [1.807, 2.05) is 24.3 Å². The van der Waals surface area contributed by atoms with Gasteiger partial charge in [0.2, 0.25) is 0 Å². The molecule has 1 atom stereocenters. The molecule has 5 nitrogen and oxygen atoms in total. The number of ether oxygens (including phenoxy) is 1. The first-order chi connectivity index (χ1) is 13.1. The number of carbonyl (C=O) groups excluding carboxylic acids is 1. The van der Waals surface area contributed by atoms with Crippen LogP contribution < -0.4 is 10.5 Å². The number of aliphatic hydroxyl groups is 1. The van der Waals surface area contributed by atoms with Gasteiger partial charge in [-0.25, -0.2) is 4.39 Å². The number of piperidine rings is 1. The van der Waals surface area contributed by atoms with Crippen molar-refractivity contribution in [2.75, 3.05) is 26.2 Å². The molecule has 1 fully saturated rings. The number of nitrogens with zero attached hydrogens (tertiary/aromatic N) is 1. The first kappa shape index (κ1) is 19.3. The number of hydrogen-bond donors (Lipinski definition) is 2. The Labute approximate surface area is 158 Å². The molecule has 1 saturated heterocycles. The molecule has 1 aliphatic rings. The minimum atomic E-state index is -0.572. The van der Waals surface area contributed by atoms with Gasteiger partial charge in [0.05, 0.1) is 5.56 Å². The number of halogens is 1. The lowest BCUT2D eigenvalue weighted by atomic mass is 9.98. The van der Waals surface area contributed by atoms with Crippen molar-refractivity contribution in [3.63, 3.8) is 0 Å². The molecule has 0 aliphatic carbocycles. The van der Waals surface area contributed by atoms with E-state index in [2.05, 4.69) is 0 Å². The highest BCUT2D eigenvalue weighted by Crippen LogP contribution is 2.26. The van der Waals surface area contributed by atoms with Gasteiger partial charge in [-0.3, -0.25) is 4.79 Å². The molecule has 1 amide bonds. The molecule has 0 spiro atoms. The van der Waals surface area contributed by atoms with Crippen LogP contribution in [0.4, 0.5) is 4.39 Å². The maximum absolute atomic E-state index is 14.3. The van der Waals surface area contributed by atoms with Gasteiger partial charge in [-0.2, -0.15) is 0 Å². The van der Waals surface area contributed by atoms with E-state index in [1.165, 1.54) is 18.2 Å². The lowest BCUT2D eigenvalue weighted by Crippen LogP contribution is -2.41. The molecular weight excluding hydrogens is 347 g/mol. The number of rotatable bonds is 6. The minimum Gasteiger partial charge on any atom is -0.457 e. The van der Waals surface area contributed by atoms with Crippen molar-refractivity contribution in [1.29, 1.82) is 0 Å². The minimum absolute atomic E-state index is 0.00848. The van der Waals surface area contributed by atoms with Crippen molar-refractivity contribution in [1.82, 2.24) is 4.90 Å². The fourth-order valence-corrected chi connectivity index (χ4v) is 3.33. The Morgan fingerprint density at radius 3 is 2.67 bits per heavy atom. The van der Waals surface area contributed by atoms with Gasteiger partial charge >= 0.3 is 0 Å². The number of nitrogens with two attached hydrogens (primary N) is 1. The maximum atomic E-state index is 14.3. The molecule has 6 heteroatoms. The maximum Gasteiger partial charge on any atom is 0.256 e. The summed E-state index contributed by atoms with van der Waals surface area (Å²) in [6.45, 7) is 1.64. The Balaban J connectivity index is 1.74. The predicted octanol–water partition coefficient (Wildman–Crippen LogP) is 2.96. The van der Waals surface area contributed by atoms with Gasteiger partial charge in [0.15, 0.2) is 0 Å². The predicted molar refractivity (Wildman–Crippen MR) is 101 cm³/mol. The molecule has 0 bridgehead atoms. The van der Waals surface area contributed by atoms with Gasteiger partial charge in [-0.15, -0.1) is 0 Å². The van der Waals surface area contributed by atoms with E-state index < -0.39 is 5.82 Å². The smallest absolute Gasteiger partial charge is 0.256 e. The van der Waals surface area contributed by atoms with Crippen molar-refractivity contribution >= 4 is 5.91 Å². The average Bonchev–Trinajstić information content (AvgIpc) is 2.70. The Hall–Kier alpha value is -2.44. The standard InChI is InChI=1S/C21H25FN2O3/c22-20-8-7-18(27-17-5-3-15(4-6-17)9-10-23)12-19(20)21(26)24-11-1-2-16(13-24)14-25/h3-8,12,16,25H,1-2,9-11,13-14,23H2. The van der Waals surface area contributed by atoms with E-state index in [0.29, 0.717) is 31.1 Å². The second kappa shape index (κ2) is 8.97. The summed E-state index contributed by atoms with van der Waals surface area (Å²) in [4.78, 5) is 14.3. The molecule has 0 radical (unpaired) electrons. The van der Waals surface area contributed by atoms with Crippen LogP contribution in [0.1, 0.15) is 28.8 Å². The van der Waals surface area contributed by atoms with Crippen LogP contribution in [0.25, 0.3) is 0 Å². The molecule has 1 heterocycles.